The lowest BCUT2D eigenvalue weighted by molar-refractivity contribution is 0.0694. The van der Waals surface area contributed by atoms with Gasteiger partial charge in [0.25, 0.3) is 0 Å². The van der Waals surface area contributed by atoms with Gasteiger partial charge < -0.3 is 5.11 Å². The Hall–Kier alpha value is -2.44. The first kappa shape index (κ1) is 14.0. The van der Waals surface area contributed by atoms with Crippen molar-refractivity contribution in [1.29, 1.82) is 0 Å². The van der Waals surface area contributed by atoms with Crippen LogP contribution in [0.4, 0.5) is 13.2 Å². The molecule has 104 valence electrons. The van der Waals surface area contributed by atoms with Gasteiger partial charge in [-0.15, -0.1) is 0 Å². The summed E-state index contributed by atoms with van der Waals surface area (Å²) in [6.07, 6.45) is 1.37. The smallest absolute Gasteiger partial charge is 0.339 e. The molecule has 0 fully saturated rings. The molecule has 1 aromatic carbocycles. The van der Waals surface area contributed by atoms with Gasteiger partial charge in [0.2, 0.25) is 0 Å². The molecule has 0 aliphatic carbocycles. The van der Waals surface area contributed by atoms with Gasteiger partial charge in [-0.2, -0.15) is 0 Å². The molecular formula is C13H9F3N2O2. The molecule has 0 bridgehead atoms. The molecule has 7 heteroatoms. The lowest BCUT2D eigenvalue weighted by Gasteiger charge is -2.06. The summed E-state index contributed by atoms with van der Waals surface area (Å²) < 4.78 is 39.2. The number of rotatable bonds is 3. The van der Waals surface area contributed by atoms with Crippen molar-refractivity contribution in [2.24, 2.45) is 0 Å². The van der Waals surface area contributed by atoms with Gasteiger partial charge in [-0.1, -0.05) is 6.92 Å². The molecule has 2 aromatic rings. The van der Waals surface area contributed by atoms with E-state index < -0.39 is 23.4 Å². The quantitative estimate of drug-likeness (QED) is 0.879. The molecule has 4 nitrogen and oxygen atoms in total. The Morgan fingerprint density at radius 1 is 1.25 bits per heavy atom. The van der Waals surface area contributed by atoms with Crippen LogP contribution in [0.15, 0.2) is 18.3 Å². The SMILES string of the molecule is CCc1nc(-c2cc(F)c(F)c(F)c2)ncc1C(=O)O. The number of halogens is 3. The van der Waals surface area contributed by atoms with Crippen molar-refractivity contribution in [2.75, 3.05) is 0 Å². The molecule has 0 radical (unpaired) electrons. The Morgan fingerprint density at radius 2 is 1.85 bits per heavy atom. The molecule has 0 aliphatic rings. The molecule has 0 spiro atoms. The van der Waals surface area contributed by atoms with Crippen molar-refractivity contribution in [1.82, 2.24) is 9.97 Å². The van der Waals surface area contributed by atoms with Crippen molar-refractivity contribution in [3.8, 4) is 11.4 Å². The summed E-state index contributed by atoms with van der Waals surface area (Å²) in [5, 5.41) is 8.93. The van der Waals surface area contributed by atoms with Crippen LogP contribution in [0.3, 0.4) is 0 Å². The first-order valence-corrected chi connectivity index (χ1v) is 5.68. The van der Waals surface area contributed by atoms with E-state index in [0.29, 0.717) is 6.42 Å². The number of carboxylic acid groups (broad SMARTS) is 1. The van der Waals surface area contributed by atoms with Crippen molar-refractivity contribution >= 4 is 5.97 Å². The number of carbonyl (C=O) groups is 1. The maximum Gasteiger partial charge on any atom is 0.339 e. The van der Waals surface area contributed by atoms with Crippen LogP contribution in [-0.4, -0.2) is 21.0 Å². The summed E-state index contributed by atoms with van der Waals surface area (Å²) in [6, 6.07) is 1.52. The number of aromatic carboxylic acids is 1. The van der Waals surface area contributed by atoms with Gasteiger partial charge in [0.1, 0.15) is 0 Å². The van der Waals surface area contributed by atoms with Crippen LogP contribution in [0.2, 0.25) is 0 Å². The standard InChI is InChI=1S/C13H9F3N2O2/c1-2-10-7(13(19)20)5-17-12(18-10)6-3-8(14)11(16)9(15)4-6/h3-5H,2H2,1H3,(H,19,20). The average molecular weight is 282 g/mol. The lowest BCUT2D eigenvalue weighted by atomic mass is 10.1. The summed E-state index contributed by atoms with van der Waals surface area (Å²) in [5.41, 5.74) is 0.0833. The first-order chi connectivity index (χ1) is 9.43. The van der Waals surface area contributed by atoms with Gasteiger partial charge in [0, 0.05) is 11.8 Å². The fourth-order valence-electron chi connectivity index (χ4n) is 1.69. The highest BCUT2D eigenvalue weighted by atomic mass is 19.2. The summed E-state index contributed by atoms with van der Waals surface area (Å²) in [6.45, 7) is 1.68. The third-order valence-corrected chi connectivity index (χ3v) is 2.68. The van der Waals surface area contributed by atoms with E-state index in [1.54, 1.807) is 6.92 Å². The van der Waals surface area contributed by atoms with Gasteiger partial charge in [-0.25, -0.2) is 27.9 Å². The second kappa shape index (κ2) is 5.28. The van der Waals surface area contributed by atoms with Crippen LogP contribution in [0.1, 0.15) is 23.0 Å². The van der Waals surface area contributed by atoms with Crippen LogP contribution >= 0.6 is 0 Å². The highest BCUT2D eigenvalue weighted by Gasteiger charge is 2.16. The predicted molar refractivity (Wildman–Crippen MR) is 63.7 cm³/mol. The molecule has 0 aliphatic heterocycles. The number of hydrogen-bond acceptors (Lipinski definition) is 3. The number of carboxylic acids is 1. The Morgan fingerprint density at radius 3 is 2.35 bits per heavy atom. The maximum atomic E-state index is 13.2. The molecule has 0 saturated heterocycles. The molecule has 2 rings (SSSR count). The van der Waals surface area contributed by atoms with Crippen molar-refractivity contribution in [3.05, 3.63) is 47.0 Å². The number of hydrogen-bond donors (Lipinski definition) is 1. The Bertz CT molecular complexity index is 666. The summed E-state index contributed by atoms with van der Waals surface area (Å²) in [4.78, 5) is 18.6. The van der Waals surface area contributed by atoms with Crippen LogP contribution in [0, 0.1) is 17.5 Å². The zero-order valence-electron chi connectivity index (χ0n) is 10.3. The van der Waals surface area contributed by atoms with Gasteiger partial charge in [0.05, 0.1) is 11.3 Å². The largest absolute Gasteiger partial charge is 0.478 e. The van der Waals surface area contributed by atoms with E-state index in [9.17, 15) is 18.0 Å². The Balaban J connectivity index is 2.56. The molecule has 1 heterocycles. The summed E-state index contributed by atoms with van der Waals surface area (Å²) in [5.74, 6) is -5.55. The van der Waals surface area contributed by atoms with E-state index in [4.69, 9.17) is 5.11 Å². The monoisotopic (exact) mass is 282 g/mol. The molecule has 0 atom stereocenters. The zero-order valence-corrected chi connectivity index (χ0v) is 10.3. The number of aromatic nitrogens is 2. The van der Waals surface area contributed by atoms with E-state index in [2.05, 4.69) is 9.97 Å². The average Bonchev–Trinajstić information content (AvgIpc) is 2.43. The molecule has 1 aromatic heterocycles. The van der Waals surface area contributed by atoms with Gasteiger partial charge >= 0.3 is 5.97 Å². The summed E-state index contributed by atoms with van der Waals surface area (Å²) >= 11 is 0. The zero-order chi connectivity index (χ0) is 14.9. The van der Waals surface area contributed by atoms with Gasteiger partial charge in [0.15, 0.2) is 23.3 Å². The van der Waals surface area contributed by atoms with Crippen LogP contribution in [-0.2, 0) is 6.42 Å². The minimum Gasteiger partial charge on any atom is -0.478 e. The first-order valence-electron chi connectivity index (χ1n) is 5.68. The van der Waals surface area contributed by atoms with Crippen LogP contribution in [0.25, 0.3) is 11.4 Å². The van der Waals surface area contributed by atoms with Gasteiger partial charge in [-0.05, 0) is 18.6 Å². The molecule has 20 heavy (non-hydrogen) atoms. The second-order valence-corrected chi connectivity index (χ2v) is 3.97. The van der Waals surface area contributed by atoms with E-state index in [1.807, 2.05) is 0 Å². The fraction of sp³-hybridized carbons (Fsp3) is 0.154. The van der Waals surface area contributed by atoms with Crippen LogP contribution in [0.5, 0.6) is 0 Å². The minimum absolute atomic E-state index is 0.0620. The topological polar surface area (TPSA) is 63.1 Å². The van der Waals surface area contributed by atoms with E-state index >= 15 is 0 Å². The Labute approximate surface area is 111 Å². The fourth-order valence-corrected chi connectivity index (χ4v) is 1.69. The molecule has 0 unspecified atom stereocenters. The predicted octanol–water partition coefficient (Wildman–Crippen LogP) is 2.82. The number of nitrogens with zero attached hydrogens (tertiary/aromatic N) is 2. The van der Waals surface area contributed by atoms with Crippen molar-refractivity contribution in [2.45, 2.75) is 13.3 Å². The summed E-state index contributed by atoms with van der Waals surface area (Å²) in [7, 11) is 0. The molecule has 1 N–H and O–H groups in total. The normalized spacial score (nSPS) is 10.6. The number of aryl methyl sites for hydroxylation is 1. The third-order valence-electron chi connectivity index (χ3n) is 2.68. The van der Waals surface area contributed by atoms with Crippen molar-refractivity contribution < 1.29 is 23.1 Å². The maximum absolute atomic E-state index is 13.2. The van der Waals surface area contributed by atoms with E-state index in [-0.39, 0.29) is 22.6 Å². The van der Waals surface area contributed by atoms with E-state index in [1.165, 1.54) is 0 Å². The minimum atomic E-state index is -1.58. The molecule has 0 amide bonds. The molecular weight excluding hydrogens is 273 g/mol. The van der Waals surface area contributed by atoms with Gasteiger partial charge in [-0.3, -0.25) is 0 Å². The Kier molecular flexibility index (Phi) is 3.69. The number of benzene rings is 1. The van der Waals surface area contributed by atoms with Crippen molar-refractivity contribution in [3.63, 3.8) is 0 Å². The molecule has 0 saturated carbocycles. The third kappa shape index (κ3) is 2.47. The second-order valence-electron chi connectivity index (χ2n) is 3.97. The van der Waals surface area contributed by atoms with Crippen LogP contribution < -0.4 is 0 Å². The highest BCUT2D eigenvalue weighted by Crippen LogP contribution is 2.22. The highest BCUT2D eigenvalue weighted by molar-refractivity contribution is 5.88. The van der Waals surface area contributed by atoms with E-state index in [0.717, 1.165) is 18.3 Å². The lowest BCUT2D eigenvalue weighted by Crippen LogP contribution is -2.07.